The second kappa shape index (κ2) is 5.26. The van der Waals surface area contributed by atoms with Gasteiger partial charge in [-0.05, 0) is 23.8 Å². The molecule has 2 atom stereocenters. The highest BCUT2D eigenvalue weighted by atomic mass is 19.1. The van der Waals surface area contributed by atoms with Crippen molar-refractivity contribution in [2.75, 3.05) is 0 Å². The van der Waals surface area contributed by atoms with E-state index in [2.05, 4.69) is 0 Å². The van der Waals surface area contributed by atoms with Crippen LogP contribution >= 0.6 is 0 Å². The Labute approximate surface area is 121 Å². The van der Waals surface area contributed by atoms with Gasteiger partial charge in [-0.1, -0.05) is 30.3 Å². The summed E-state index contributed by atoms with van der Waals surface area (Å²) in [6, 6.07) is 10.9. The summed E-state index contributed by atoms with van der Waals surface area (Å²) in [5.41, 5.74) is 7.00. The van der Waals surface area contributed by atoms with E-state index in [4.69, 9.17) is 5.73 Å². The van der Waals surface area contributed by atoms with Gasteiger partial charge in [-0.3, -0.25) is 4.79 Å². The van der Waals surface area contributed by atoms with Gasteiger partial charge in [-0.2, -0.15) is 0 Å². The smallest absolute Gasteiger partial charge is 0.242 e. The minimum absolute atomic E-state index is 0.229. The van der Waals surface area contributed by atoms with Crippen LogP contribution in [-0.2, 0) is 11.3 Å². The minimum Gasteiger partial charge on any atom is -0.328 e. The van der Waals surface area contributed by atoms with E-state index in [-0.39, 0.29) is 24.1 Å². The van der Waals surface area contributed by atoms with Crippen molar-refractivity contribution >= 4 is 5.91 Å². The SMILES string of the molecule is N[C@@H]1C(=O)N(Cc2ccc(F)cc2)[C@@H]1c1ccccc1F. The van der Waals surface area contributed by atoms with Crippen molar-refractivity contribution < 1.29 is 13.6 Å². The largest absolute Gasteiger partial charge is 0.328 e. The van der Waals surface area contributed by atoms with Crippen LogP contribution in [0.2, 0.25) is 0 Å². The maximum Gasteiger partial charge on any atom is 0.242 e. The molecule has 2 aromatic carbocycles. The predicted octanol–water partition coefficient (Wildman–Crippen LogP) is 2.38. The molecule has 0 radical (unpaired) electrons. The first-order valence-corrected chi connectivity index (χ1v) is 6.63. The van der Waals surface area contributed by atoms with Gasteiger partial charge in [0.25, 0.3) is 0 Å². The van der Waals surface area contributed by atoms with E-state index in [0.29, 0.717) is 5.56 Å². The molecular weight excluding hydrogens is 274 g/mol. The summed E-state index contributed by atoms with van der Waals surface area (Å²) in [6.45, 7) is 0.284. The molecule has 21 heavy (non-hydrogen) atoms. The molecule has 1 amide bonds. The summed E-state index contributed by atoms with van der Waals surface area (Å²) in [6.07, 6.45) is 0. The summed E-state index contributed by atoms with van der Waals surface area (Å²) < 4.78 is 26.8. The molecule has 1 aliphatic rings. The summed E-state index contributed by atoms with van der Waals surface area (Å²) in [5, 5.41) is 0. The van der Waals surface area contributed by atoms with Crippen molar-refractivity contribution in [3.05, 3.63) is 71.3 Å². The fourth-order valence-corrected chi connectivity index (χ4v) is 2.61. The summed E-state index contributed by atoms with van der Waals surface area (Å²) in [7, 11) is 0. The third-order valence-electron chi connectivity index (χ3n) is 3.73. The standard InChI is InChI=1S/C16H14F2N2O/c17-11-7-5-10(6-8-11)9-20-15(14(19)16(20)21)12-3-1-2-4-13(12)18/h1-8,14-15H,9,19H2/t14-,15+/m0/s1. The molecule has 2 N–H and O–H groups in total. The highest BCUT2D eigenvalue weighted by Gasteiger charge is 2.46. The number of benzene rings is 2. The van der Waals surface area contributed by atoms with E-state index >= 15 is 0 Å². The third-order valence-corrected chi connectivity index (χ3v) is 3.73. The Kier molecular flexibility index (Phi) is 3.43. The molecule has 0 aromatic heterocycles. The number of rotatable bonds is 3. The topological polar surface area (TPSA) is 46.3 Å². The van der Waals surface area contributed by atoms with Gasteiger partial charge in [0, 0.05) is 12.1 Å². The van der Waals surface area contributed by atoms with Crippen molar-refractivity contribution in [1.29, 1.82) is 0 Å². The molecule has 5 heteroatoms. The maximum absolute atomic E-state index is 13.9. The van der Waals surface area contributed by atoms with E-state index in [1.165, 1.54) is 23.1 Å². The Morgan fingerprint density at radius 1 is 1.05 bits per heavy atom. The molecule has 0 spiro atoms. The number of hydrogen-bond donors (Lipinski definition) is 1. The number of amides is 1. The number of carbonyl (C=O) groups is 1. The molecule has 1 heterocycles. The van der Waals surface area contributed by atoms with E-state index in [0.717, 1.165) is 5.56 Å². The normalized spacial score (nSPS) is 21.3. The van der Waals surface area contributed by atoms with E-state index in [1.54, 1.807) is 30.3 Å². The van der Waals surface area contributed by atoms with Crippen LogP contribution in [0.5, 0.6) is 0 Å². The van der Waals surface area contributed by atoms with Crippen molar-refractivity contribution in [2.24, 2.45) is 5.73 Å². The molecule has 0 saturated carbocycles. The van der Waals surface area contributed by atoms with Crippen molar-refractivity contribution in [3.8, 4) is 0 Å². The second-order valence-corrected chi connectivity index (χ2v) is 5.08. The number of hydrogen-bond acceptors (Lipinski definition) is 2. The summed E-state index contributed by atoms with van der Waals surface area (Å²) in [4.78, 5) is 13.4. The molecule has 3 nitrogen and oxygen atoms in total. The molecule has 108 valence electrons. The lowest BCUT2D eigenvalue weighted by Crippen LogP contribution is -2.62. The van der Waals surface area contributed by atoms with Gasteiger partial charge in [0.2, 0.25) is 5.91 Å². The Hall–Kier alpha value is -2.27. The van der Waals surface area contributed by atoms with Crippen LogP contribution in [0.15, 0.2) is 48.5 Å². The third kappa shape index (κ3) is 2.40. The second-order valence-electron chi connectivity index (χ2n) is 5.08. The van der Waals surface area contributed by atoms with Gasteiger partial charge in [-0.25, -0.2) is 8.78 Å². The Bertz CT molecular complexity index is 672. The maximum atomic E-state index is 13.9. The number of β-lactam (4-membered cyclic amide) rings is 1. The monoisotopic (exact) mass is 288 g/mol. The lowest BCUT2D eigenvalue weighted by atomic mass is 9.88. The van der Waals surface area contributed by atoms with Crippen LogP contribution in [0.4, 0.5) is 8.78 Å². The van der Waals surface area contributed by atoms with E-state index < -0.39 is 12.1 Å². The van der Waals surface area contributed by atoms with Gasteiger partial charge in [0.1, 0.15) is 17.7 Å². The molecule has 0 aliphatic carbocycles. The van der Waals surface area contributed by atoms with Crippen molar-refractivity contribution in [2.45, 2.75) is 18.6 Å². The van der Waals surface area contributed by atoms with Gasteiger partial charge in [0.05, 0.1) is 6.04 Å². The molecule has 1 fully saturated rings. The number of nitrogens with zero attached hydrogens (tertiary/aromatic N) is 1. The van der Waals surface area contributed by atoms with Crippen LogP contribution in [0.25, 0.3) is 0 Å². The van der Waals surface area contributed by atoms with Crippen LogP contribution in [-0.4, -0.2) is 16.8 Å². The lowest BCUT2D eigenvalue weighted by Gasteiger charge is -2.45. The zero-order valence-electron chi connectivity index (χ0n) is 11.2. The van der Waals surface area contributed by atoms with Crippen LogP contribution in [0.1, 0.15) is 17.2 Å². The fraction of sp³-hybridized carbons (Fsp3) is 0.188. The summed E-state index contributed by atoms with van der Waals surface area (Å²) >= 11 is 0. The number of likely N-dealkylation sites (tertiary alicyclic amines) is 1. The van der Waals surface area contributed by atoms with Gasteiger partial charge in [0.15, 0.2) is 0 Å². The van der Waals surface area contributed by atoms with Crippen LogP contribution in [0.3, 0.4) is 0 Å². The first kappa shape index (κ1) is 13.7. The number of carbonyl (C=O) groups excluding carboxylic acids is 1. The number of halogens is 2. The quantitative estimate of drug-likeness (QED) is 0.881. The molecule has 1 aliphatic heterocycles. The predicted molar refractivity (Wildman–Crippen MR) is 74.1 cm³/mol. The molecular formula is C16H14F2N2O. The average molecular weight is 288 g/mol. The highest BCUT2D eigenvalue weighted by Crippen LogP contribution is 2.36. The highest BCUT2D eigenvalue weighted by molar-refractivity contribution is 5.89. The number of nitrogens with two attached hydrogens (primary N) is 1. The van der Waals surface area contributed by atoms with Gasteiger partial charge < -0.3 is 10.6 Å². The Morgan fingerprint density at radius 3 is 2.38 bits per heavy atom. The van der Waals surface area contributed by atoms with E-state index in [1.807, 2.05) is 0 Å². The van der Waals surface area contributed by atoms with Crippen molar-refractivity contribution in [1.82, 2.24) is 4.90 Å². The fourth-order valence-electron chi connectivity index (χ4n) is 2.61. The van der Waals surface area contributed by atoms with Crippen LogP contribution in [0, 0.1) is 11.6 Å². The molecule has 1 saturated heterocycles. The van der Waals surface area contributed by atoms with Gasteiger partial charge >= 0.3 is 0 Å². The Morgan fingerprint density at radius 2 is 1.71 bits per heavy atom. The minimum atomic E-state index is -0.734. The first-order valence-electron chi connectivity index (χ1n) is 6.63. The molecule has 2 aromatic rings. The zero-order chi connectivity index (χ0) is 15.0. The first-order chi connectivity index (χ1) is 10.1. The van der Waals surface area contributed by atoms with Crippen LogP contribution < -0.4 is 5.73 Å². The molecule has 3 rings (SSSR count). The zero-order valence-corrected chi connectivity index (χ0v) is 11.2. The molecule has 0 bridgehead atoms. The lowest BCUT2D eigenvalue weighted by molar-refractivity contribution is -0.150. The summed E-state index contributed by atoms with van der Waals surface area (Å²) in [5.74, 6) is -0.946. The molecule has 0 unspecified atom stereocenters. The van der Waals surface area contributed by atoms with E-state index in [9.17, 15) is 13.6 Å². The van der Waals surface area contributed by atoms with Gasteiger partial charge in [-0.15, -0.1) is 0 Å². The Balaban J connectivity index is 1.85. The van der Waals surface area contributed by atoms with Crippen molar-refractivity contribution in [3.63, 3.8) is 0 Å². The average Bonchev–Trinajstić information content (AvgIpc) is 2.50.